The molecule has 0 bridgehead atoms. The Labute approximate surface area is 132 Å². The average Bonchev–Trinajstić information content (AvgIpc) is 2.37. The van der Waals surface area contributed by atoms with Crippen LogP contribution < -0.4 is 15.8 Å². The number of hydrogen-bond donors (Lipinski definition) is 2. The Bertz CT molecular complexity index is 626. The van der Waals surface area contributed by atoms with Crippen LogP contribution in [-0.4, -0.2) is 38.5 Å². The Morgan fingerprint density at radius 2 is 2.00 bits per heavy atom. The van der Waals surface area contributed by atoms with Crippen molar-refractivity contribution in [1.82, 2.24) is 0 Å². The third-order valence-corrected chi connectivity index (χ3v) is 3.92. The fourth-order valence-corrected chi connectivity index (χ4v) is 2.50. The maximum absolute atomic E-state index is 11.9. The van der Waals surface area contributed by atoms with Crippen LogP contribution in [-0.2, 0) is 14.6 Å². The van der Waals surface area contributed by atoms with Crippen molar-refractivity contribution in [3.8, 4) is 5.75 Å². The van der Waals surface area contributed by atoms with Gasteiger partial charge in [0.1, 0.15) is 15.6 Å². The molecule has 6 nitrogen and oxygen atoms in total. The van der Waals surface area contributed by atoms with Crippen LogP contribution in [0.15, 0.2) is 18.2 Å². The summed E-state index contributed by atoms with van der Waals surface area (Å²) >= 11 is 0. The molecule has 0 heterocycles. The lowest BCUT2D eigenvalue weighted by atomic mass is 10.1. The topological polar surface area (TPSA) is 98.5 Å². The van der Waals surface area contributed by atoms with Crippen molar-refractivity contribution >= 4 is 21.4 Å². The van der Waals surface area contributed by atoms with Gasteiger partial charge < -0.3 is 15.8 Å². The molecule has 0 aliphatic heterocycles. The monoisotopic (exact) mass is 328 g/mol. The molecule has 0 aromatic heterocycles. The van der Waals surface area contributed by atoms with Gasteiger partial charge in [0, 0.05) is 11.9 Å². The number of anilines is 1. The van der Waals surface area contributed by atoms with E-state index >= 15 is 0 Å². The molecule has 22 heavy (non-hydrogen) atoms. The maximum atomic E-state index is 11.9. The van der Waals surface area contributed by atoms with E-state index in [1.54, 1.807) is 18.2 Å². The highest BCUT2D eigenvalue weighted by Crippen LogP contribution is 2.23. The fourth-order valence-electron chi connectivity index (χ4n) is 1.82. The molecule has 1 aromatic rings. The predicted molar refractivity (Wildman–Crippen MR) is 87.9 cm³/mol. The second-order valence-electron chi connectivity index (χ2n) is 5.66. The minimum absolute atomic E-state index is 0.0727. The minimum atomic E-state index is -3.13. The van der Waals surface area contributed by atoms with Crippen molar-refractivity contribution in [2.45, 2.75) is 39.3 Å². The number of benzene rings is 1. The Morgan fingerprint density at radius 1 is 1.36 bits per heavy atom. The number of ether oxygens (including phenoxy) is 1. The van der Waals surface area contributed by atoms with E-state index in [0.717, 1.165) is 17.6 Å². The molecule has 0 radical (unpaired) electrons. The first-order valence-electron chi connectivity index (χ1n) is 7.10. The predicted octanol–water partition coefficient (Wildman–Crippen LogP) is 1.48. The smallest absolute Gasteiger partial charge is 0.241 e. The number of hydrogen-bond acceptors (Lipinski definition) is 5. The van der Waals surface area contributed by atoms with Gasteiger partial charge in [-0.25, -0.2) is 8.42 Å². The molecule has 1 rings (SSSR count). The van der Waals surface area contributed by atoms with Crippen molar-refractivity contribution < 1.29 is 17.9 Å². The number of carbonyl (C=O) groups is 1. The molecule has 0 aliphatic rings. The second kappa shape index (κ2) is 7.60. The molecule has 0 aliphatic carbocycles. The summed E-state index contributed by atoms with van der Waals surface area (Å²) < 4.78 is 27.8. The number of amides is 1. The van der Waals surface area contributed by atoms with Gasteiger partial charge in [0.15, 0.2) is 0 Å². The Hall–Kier alpha value is -1.60. The Morgan fingerprint density at radius 3 is 2.50 bits per heavy atom. The highest BCUT2D eigenvalue weighted by Gasteiger charge is 2.16. The molecule has 1 aromatic carbocycles. The van der Waals surface area contributed by atoms with Crippen LogP contribution in [0.3, 0.4) is 0 Å². The molecule has 0 saturated heterocycles. The van der Waals surface area contributed by atoms with Crippen LogP contribution in [0.5, 0.6) is 5.75 Å². The van der Waals surface area contributed by atoms with E-state index in [1.807, 2.05) is 20.8 Å². The summed E-state index contributed by atoms with van der Waals surface area (Å²) in [5.74, 6) is 0.247. The average molecular weight is 328 g/mol. The summed E-state index contributed by atoms with van der Waals surface area (Å²) in [6, 6.07) is 4.44. The molecule has 3 N–H and O–H groups in total. The van der Waals surface area contributed by atoms with Crippen LogP contribution in [0.1, 0.15) is 25.8 Å². The molecule has 1 atom stereocenters. The van der Waals surface area contributed by atoms with Crippen molar-refractivity contribution in [2.75, 3.05) is 17.3 Å². The summed E-state index contributed by atoms with van der Waals surface area (Å²) in [5.41, 5.74) is 7.21. The van der Waals surface area contributed by atoms with Crippen molar-refractivity contribution in [3.05, 3.63) is 23.8 Å². The number of carbonyl (C=O) groups excluding carboxylic acids is 1. The largest absolute Gasteiger partial charge is 0.491 e. The van der Waals surface area contributed by atoms with E-state index in [0.29, 0.717) is 5.69 Å². The van der Waals surface area contributed by atoms with Gasteiger partial charge in [-0.05, 0) is 51.0 Å². The quantitative estimate of drug-likeness (QED) is 0.790. The fraction of sp³-hybridized carbons (Fsp3) is 0.533. The van der Waals surface area contributed by atoms with Crippen LogP contribution in [0.2, 0.25) is 0 Å². The zero-order valence-corrected chi connectivity index (χ0v) is 14.2. The molecular weight excluding hydrogens is 304 g/mol. The van der Waals surface area contributed by atoms with Gasteiger partial charge in [0.2, 0.25) is 5.91 Å². The molecule has 7 heteroatoms. The number of sulfone groups is 1. The van der Waals surface area contributed by atoms with E-state index in [4.69, 9.17) is 10.5 Å². The third kappa shape index (κ3) is 6.44. The lowest BCUT2D eigenvalue weighted by molar-refractivity contribution is -0.117. The summed E-state index contributed by atoms with van der Waals surface area (Å²) in [4.78, 5) is 11.9. The molecule has 0 spiro atoms. The van der Waals surface area contributed by atoms with Crippen LogP contribution >= 0.6 is 0 Å². The third-order valence-electron chi connectivity index (χ3n) is 2.94. The molecule has 1 amide bonds. The molecular formula is C15H24N2O4S. The zero-order chi connectivity index (χ0) is 16.9. The summed E-state index contributed by atoms with van der Waals surface area (Å²) in [6.45, 7) is 5.77. The maximum Gasteiger partial charge on any atom is 0.241 e. The van der Waals surface area contributed by atoms with Crippen molar-refractivity contribution in [1.29, 1.82) is 0 Å². The molecule has 124 valence electrons. The Kier molecular flexibility index (Phi) is 6.37. The van der Waals surface area contributed by atoms with Gasteiger partial charge in [-0.1, -0.05) is 0 Å². The van der Waals surface area contributed by atoms with Crippen LogP contribution in [0.4, 0.5) is 5.69 Å². The molecule has 1 unspecified atom stereocenters. The zero-order valence-electron chi connectivity index (χ0n) is 13.4. The number of aryl methyl sites for hydroxylation is 1. The summed E-state index contributed by atoms with van der Waals surface area (Å²) in [6.07, 6.45) is 1.29. The van der Waals surface area contributed by atoms with Crippen molar-refractivity contribution in [2.24, 2.45) is 5.73 Å². The van der Waals surface area contributed by atoms with E-state index in [1.165, 1.54) is 0 Å². The highest BCUT2D eigenvalue weighted by atomic mass is 32.2. The minimum Gasteiger partial charge on any atom is -0.491 e. The first-order chi connectivity index (χ1) is 10.1. The van der Waals surface area contributed by atoms with E-state index in [-0.39, 0.29) is 18.3 Å². The van der Waals surface area contributed by atoms with Gasteiger partial charge >= 0.3 is 0 Å². The lowest BCUT2D eigenvalue weighted by Crippen LogP contribution is -2.37. The van der Waals surface area contributed by atoms with Gasteiger partial charge in [0.05, 0.1) is 17.9 Å². The number of rotatable bonds is 7. The molecule has 0 fully saturated rings. The van der Waals surface area contributed by atoms with Crippen molar-refractivity contribution in [3.63, 3.8) is 0 Å². The SMILES string of the molecule is Cc1cc(NC(=O)C(N)CCS(C)(=O)=O)ccc1OC(C)C. The van der Waals surface area contributed by atoms with Crippen LogP contribution in [0, 0.1) is 6.92 Å². The number of nitrogens with one attached hydrogen (secondary N) is 1. The summed E-state index contributed by atoms with van der Waals surface area (Å²) in [7, 11) is -3.13. The number of nitrogens with two attached hydrogens (primary N) is 1. The van der Waals surface area contributed by atoms with E-state index in [2.05, 4.69) is 5.32 Å². The first kappa shape index (κ1) is 18.4. The van der Waals surface area contributed by atoms with Gasteiger partial charge in [-0.2, -0.15) is 0 Å². The van der Waals surface area contributed by atoms with Gasteiger partial charge in [0.25, 0.3) is 0 Å². The molecule has 0 saturated carbocycles. The second-order valence-corrected chi connectivity index (χ2v) is 7.92. The van der Waals surface area contributed by atoms with E-state index < -0.39 is 21.8 Å². The standard InChI is InChI=1S/C15H24N2O4S/c1-10(2)21-14-6-5-12(9-11(14)3)17-15(18)13(16)7-8-22(4,19)20/h5-6,9-10,13H,7-8,16H2,1-4H3,(H,17,18). The normalized spacial score (nSPS) is 13.0. The summed E-state index contributed by atoms with van der Waals surface area (Å²) in [5, 5.41) is 2.68. The first-order valence-corrected chi connectivity index (χ1v) is 9.16. The van der Waals surface area contributed by atoms with E-state index in [9.17, 15) is 13.2 Å². The Balaban J connectivity index is 2.66. The van der Waals surface area contributed by atoms with Crippen LogP contribution in [0.25, 0.3) is 0 Å². The van der Waals surface area contributed by atoms with Gasteiger partial charge in [-0.3, -0.25) is 4.79 Å². The lowest BCUT2D eigenvalue weighted by Gasteiger charge is -2.15. The highest BCUT2D eigenvalue weighted by molar-refractivity contribution is 7.90. The van der Waals surface area contributed by atoms with Gasteiger partial charge in [-0.15, -0.1) is 0 Å².